The molecular weight excluding hydrogens is 344 g/mol. The van der Waals surface area contributed by atoms with Gasteiger partial charge in [-0.2, -0.15) is 0 Å². The Kier molecular flexibility index (Phi) is 3.51. The van der Waals surface area contributed by atoms with Crippen LogP contribution in [0.4, 0.5) is 0 Å². The number of rotatable bonds is 1. The number of aromatic nitrogens is 2. The summed E-state index contributed by atoms with van der Waals surface area (Å²) in [7, 11) is 0. The average Bonchev–Trinajstić information content (AvgIpc) is 3.23. The fourth-order valence-corrected chi connectivity index (χ4v) is 4.17. The summed E-state index contributed by atoms with van der Waals surface area (Å²) in [6.45, 7) is 1.62. The summed E-state index contributed by atoms with van der Waals surface area (Å²) < 4.78 is 1.83. The van der Waals surface area contributed by atoms with Crippen LogP contribution in [0.3, 0.4) is 0 Å². The van der Waals surface area contributed by atoms with E-state index in [9.17, 15) is 4.79 Å². The molecule has 0 aliphatic carbocycles. The Labute approximate surface area is 146 Å². The Morgan fingerprint density at radius 2 is 2.00 bits per heavy atom. The van der Waals surface area contributed by atoms with E-state index in [2.05, 4.69) is 15.3 Å². The number of amidine groups is 1. The zero-order chi connectivity index (χ0) is 15.4. The maximum Gasteiger partial charge on any atom is 0.266 e. The highest BCUT2D eigenvalue weighted by Gasteiger charge is 2.15. The molecule has 1 aliphatic heterocycles. The van der Waals surface area contributed by atoms with Gasteiger partial charge < -0.3 is 10.3 Å². The minimum absolute atomic E-state index is 0. The van der Waals surface area contributed by atoms with Gasteiger partial charge in [-0.25, -0.2) is 4.98 Å². The molecule has 120 valence electrons. The van der Waals surface area contributed by atoms with Crippen LogP contribution in [0.2, 0.25) is 0 Å². The van der Waals surface area contributed by atoms with Crippen molar-refractivity contribution in [1.82, 2.24) is 15.3 Å². The van der Waals surface area contributed by atoms with Crippen LogP contribution in [-0.4, -0.2) is 28.9 Å². The monoisotopic (exact) mass is 356 g/mol. The second-order valence-electron chi connectivity index (χ2n) is 5.51. The van der Waals surface area contributed by atoms with Crippen molar-refractivity contribution in [2.75, 3.05) is 13.1 Å². The maximum absolute atomic E-state index is 12.4. The van der Waals surface area contributed by atoms with E-state index in [4.69, 9.17) is 4.98 Å². The highest BCUT2D eigenvalue weighted by Crippen LogP contribution is 2.34. The smallest absolute Gasteiger partial charge is 0.266 e. The summed E-state index contributed by atoms with van der Waals surface area (Å²) in [6.07, 6.45) is 0. The van der Waals surface area contributed by atoms with Gasteiger partial charge in [-0.05, 0) is 18.2 Å². The molecule has 0 amide bonds. The zero-order valence-electron chi connectivity index (χ0n) is 12.5. The van der Waals surface area contributed by atoms with Crippen LogP contribution in [0.25, 0.3) is 31.2 Å². The lowest BCUT2D eigenvalue weighted by Gasteiger charge is -2.05. The molecule has 0 radical (unpaired) electrons. The molecule has 0 bridgehead atoms. The lowest BCUT2D eigenvalue weighted by Crippen LogP contribution is -2.20. The van der Waals surface area contributed by atoms with Gasteiger partial charge in [0.25, 0.3) is 5.56 Å². The number of aliphatic imine (C=N–C) groups is 1. The van der Waals surface area contributed by atoms with Crippen LogP contribution in [0.5, 0.6) is 0 Å². The summed E-state index contributed by atoms with van der Waals surface area (Å²) in [5.74, 6) is 0.825. The SMILES string of the molecule is Cl.O=c1[nH]c2ccc(C3=NCCN3)nc2c2c1sc1ccccc12. The average molecular weight is 357 g/mol. The molecule has 0 saturated heterocycles. The van der Waals surface area contributed by atoms with Gasteiger partial charge in [-0.1, -0.05) is 18.2 Å². The molecule has 3 aromatic heterocycles. The number of aromatic amines is 1. The molecule has 1 aliphatic rings. The van der Waals surface area contributed by atoms with E-state index in [0.29, 0.717) is 0 Å². The van der Waals surface area contributed by atoms with Gasteiger partial charge in [0.05, 0.1) is 17.6 Å². The number of hydrogen-bond donors (Lipinski definition) is 2. The van der Waals surface area contributed by atoms with E-state index in [1.165, 1.54) is 11.3 Å². The molecule has 0 fully saturated rings. The van der Waals surface area contributed by atoms with Crippen LogP contribution < -0.4 is 10.9 Å². The lowest BCUT2D eigenvalue weighted by atomic mass is 10.1. The molecule has 0 saturated carbocycles. The fraction of sp³-hybridized carbons (Fsp3) is 0.118. The van der Waals surface area contributed by atoms with Crippen molar-refractivity contribution >= 4 is 60.8 Å². The van der Waals surface area contributed by atoms with E-state index in [-0.39, 0.29) is 18.0 Å². The molecule has 2 N–H and O–H groups in total. The number of fused-ring (bicyclic) bond motifs is 5. The van der Waals surface area contributed by atoms with E-state index < -0.39 is 0 Å². The van der Waals surface area contributed by atoms with E-state index >= 15 is 0 Å². The molecule has 0 atom stereocenters. The van der Waals surface area contributed by atoms with Gasteiger partial charge in [0.15, 0.2) is 0 Å². The van der Waals surface area contributed by atoms with Crippen molar-refractivity contribution in [1.29, 1.82) is 0 Å². The van der Waals surface area contributed by atoms with E-state index in [1.807, 2.05) is 36.4 Å². The highest BCUT2D eigenvalue weighted by atomic mass is 35.5. The number of hydrogen-bond acceptors (Lipinski definition) is 5. The first-order chi connectivity index (χ1) is 11.3. The Morgan fingerprint density at radius 3 is 2.83 bits per heavy atom. The zero-order valence-corrected chi connectivity index (χ0v) is 14.1. The number of pyridine rings is 2. The predicted octanol–water partition coefficient (Wildman–Crippen LogP) is 3.06. The van der Waals surface area contributed by atoms with Crippen molar-refractivity contribution in [3.8, 4) is 0 Å². The van der Waals surface area contributed by atoms with Gasteiger partial charge in [0, 0.05) is 22.0 Å². The summed E-state index contributed by atoms with van der Waals surface area (Å²) in [5, 5.41) is 5.26. The predicted molar refractivity (Wildman–Crippen MR) is 102 cm³/mol. The van der Waals surface area contributed by atoms with Gasteiger partial charge in [-0.3, -0.25) is 9.79 Å². The van der Waals surface area contributed by atoms with Crippen LogP contribution in [0.15, 0.2) is 46.2 Å². The number of thiophene rings is 1. The molecule has 0 spiro atoms. The third-order valence-corrected chi connectivity index (χ3v) is 5.27. The lowest BCUT2D eigenvalue weighted by molar-refractivity contribution is 0.958. The number of H-pyrrole nitrogens is 1. The second kappa shape index (κ2) is 5.58. The summed E-state index contributed by atoms with van der Waals surface area (Å²) in [4.78, 5) is 24.6. The highest BCUT2D eigenvalue weighted by molar-refractivity contribution is 7.25. The van der Waals surface area contributed by atoms with Gasteiger partial charge >= 0.3 is 0 Å². The van der Waals surface area contributed by atoms with E-state index in [1.54, 1.807) is 0 Å². The Hall–Kier alpha value is -2.44. The molecule has 5 nitrogen and oxygen atoms in total. The van der Waals surface area contributed by atoms with Crippen LogP contribution in [0, 0.1) is 0 Å². The molecule has 4 aromatic rings. The molecule has 5 rings (SSSR count). The van der Waals surface area contributed by atoms with Crippen molar-refractivity contribution in [2.24, 2.45) is 4.99 Å². The summed E-state index contributed by atoms with van der Waals surface area (Å²) in [5.41, 5.74) is 2.34. The summed E-state index contributed by atoms with van der Waals surface area (Å²) in [6, 6.07) is 11.9. The number of halogens is 1. The first-order valence-electron chi connectivity index (χ1n) is 7.44. The van der Waals surface area contributed by atoms with Gasteiger partial charge in [0.1, 0.15) is 16.2 Å². The Bertz CT molecular complexity index is 1180. The first kappa shape index (κ1) is 15.1. The van der Waals surface area contributed by atoms with Crippen LogP contribution in [-0.2, 0) is 0 Å². The van der Waals surface area contributed by atoms with Gasteiger partial charge in [-0.15, -0.1) is 23.7 Å². The largest absolute Gasteiger partial charge is 0.367 e. The third kappa shape index (κ3) is 2.11. The fourth-order valence-electron chi connectivity index (χ4n) is 3.07. The Balaban J connectivity index is 0.00000146. The Morgan fingerprint density at radius 1 is 1.12 bits per heavy atom. The molecule has 4 heterocycles. The molecule has 0 unspecified atom stereocenters. The van der Waals surface area contributed by atoms with E-state index in [0.717, 1.165) is 55.8 Å². The third-order valence-electron chi connectivity index (χ3n) is 4.10. The van der Waals surface area contributed by atoms with Crippen molar-refractivity contribution in [3.63, 3.8) is 0 Å². The molecule has 24 heavy (non-hydrogen) atoms. The second-order valence-corrected chi connectivity index (χ2v) is 6.56. The number of benzene rings is 1. The topological polar surface area (TPSA) is 70.1 Å². The molecular formula is C17H13ClN4OS. The molecule has 7 heteroatoms. The van der Waals surface area contributed by atoms with Crippen molar-refractivity contribution < 1.29 is 0 Å². The number of nitrogens with one attached hydrogen (secondary N) is 2. The van der Waals surface area contributed by atoms with Crippen molar-refractivity contribution in [3.05, 3.63) is 52.4 Å². The van der Waals surface area contributed by atoms with Crippen molar-refractivity contribution in [2.45, 2.75) is 0 Å². The quantitative estimate of drug-likeness (QED) is 0.550. The number of nitrogens with zero attached hydrogens (tertiary/aromatic N) is 2. The van der Waals surface area contributed by atoms with Crippen LogP contribution >= 0.6 is 23.7 Å². The first-order valence-corrected chi connectivity index (χ1v) is 8.26. The minimum atomic E-state index is -0.0559. The normalized spacial score (nSPS) is 13.9. The summed E-state index contributed by atoms with van der Waals surface area (Å²) >= 11 is 1.51. The van der Waals surface area contributed by atoms with Crippen LogP contribution in [0.1, 0.15) is 5.69 Å². The minimum Gasteiger partial charge on any atom is -0.367 e. The molecule has 1 aromatic carbocycles. The standard InChI is InChI=1S/C17H12N4OS.ClH/c22-17-15-13(9-3-1-2-4-12(9)23-15)14-10(21-17)5-6-11(20-14)16-18-7-8-19-16;/h1-6H,7-8H2,(H,18,19)(H,21,22);1H. The van der Waals surface area contributed by atoms with Gasteiger partial charge in [0.2, 0.25) is 0 Å². The maximum atomic E-state index is 12.4.